The second kappa shape index (κ2) is 11.2. The van der Waals surface area contributed by atoms with Gasteiger partial charge in [-0.05, 0) is 26.7 Å². The highest BCUT2D eigenvalue weighted by atomic mass is 32.1. The van der Waals surface area contributed by atoms with E-state index in [2.05, 4.69) is 46.5 Å². The average Bonchev–Trinajstić information content (AvgIpc) is 3.35. The van der Waals surface area contributed by atoms with E-state index >= 15 is 0 Å². The van der Waals surface area contributed by atoms with Crippen molar-refractivity contribution in [3.05, 3.63) is 33.6 Å². The van der Waals surface area contributed by atoms with Crippen LogP contribution < -0.4 is 5.32 Å². The molecule has 0 amide bonds. The van der Waals surface area contributed by atoms with Crippen LogP contribution in [0.15, 0.2) is 21.0 Å². The van der Waals surface area contributed by atoms with Gasteiger partial charge in [0, 0.05) is 38.1 Å². The molecule has 0 aliphatic rings. The summed E-state index contributed by atoms with van der Waals surface area (Å²) in [6, 6.07) is 2.03. The molecule has 2 rings (SSSR count). The van der Waals surface area contributed by atoms with Crippen molar-refractivity contribution in [3.63, 3.8) is 0 Å². The van der Waals surface area contributed by atoms with E-state index in [4.69, 9.17) is 14.3 Å². The van der Waals surface area contributed by atoms with Crippen molar-refractivity contribution in [1.82, 2.24) is 20.4 Å². The van der Waals surface area contributed by atoms with Crippen molar-refractivity contribution in [2.45, 2.75) is 65.6 Å². The molecule has 0 aliphatic carbocycles. The number of methoxy groups -OCH3 is 1. The van der Waals surface area contributed by atoms with Crippen molar-refractivity contribution in [2.75, 3.05) is 20.7 Å². The molecular weight excluding hydrogens is 374 g/mol. The number of nitrogens with one attached hydrogen (secondary N) is 1. The highest BCUT2D eigenvalue weighted by molar-refractivity contribution is 7.09. The molecule has 1 N–H and O–H groups in total. The first kappa shape index (κ1) is 22.4. The highest BCUT2D eigenvalue weighted by Crippen LogP contribution is 2.23. The zero-order valence-corrected chi connectivity index (χ0v) is 18.7. The molecular formula is C20H33N5O2S. The lowest BCUT2D eigenvalue weighted by Crippen LogP contribution is -2.38. The van der Waals surface area contributed by atoms with Gasteiger partial charge in [-0.25, -0.2) is 9.98 Å². The van der Waals surface area contributed by atoms with E-state index in [0.29, 0.717) is 19.0 Å². The highest BCUT2D eigenvalue weighted by Gasteiger charge is 2.15. The molecule has 1 unspecified atom stereocenters. The number of aromatic nitrogens is 2. The Labute approximate surface area is 172 Å². The summed E-state index contributed by atoms with van der Waals surface area (Å²) in [5.74, 6) is 2.05. The first-order valence-electron chi connectivity index (χ1n) is 9.94. The molecule has 0 aromatic carbocycles. The minimum Gasteiger partial charge on any atom is -0.375 e. The number of guanidine groups is 1. The Morgan fingerprint density at radius 3 is 2.75 bits per heavy atom. The molecule has 2 heterocycles. The fraction of sp³-hybridized carbons (Fsp3) is 0.650. The van der Waals surface area contributed by atoms with Crippen LogP contribution in [0.3, 0.4) is 0 Å². The zero-order chi connectivity index (χ0) is 20.5. The summed E-state index contributed by atoms with van der Waals surface area (Å²) < 4.78 is 10.8. The van der Waals surface area contributed by atoms with Crippen LogP contribution in [0.5, 0.6) is 0 Å². The van der Waals surface area contributed by atoms with E-state index in [1.807, 2.05) is 20.0 Å². The van der Waals surface area contributed by atoms with E-state index in [-0.39, 0.29) is 6.10 Å². The Hall–Kier alpha value is -1.93. The molecule has 2 aromatic rings. The third-order valence-corrected chi connectivity index (χ3v) is 5.79. The molecule has 8 heteroatoms. The molecule has 0 saturated heterocycles. The summed E-state index contributed by atoms with van der Waals surface area (Å²) in [5.41, 5.74) is 2.03. The normalized spacial score (nSPS) is 13.2. The average molecular weight is 408 g/mol. The van der Waals surface area contributed by atoms with Crippen molar-refractivity contribution in [1.29, 1.82) is 0 Å². The summed E-state index contributed by atoms with van der Waals surface area (Å²) in [6.45, 7) is 10.3. The number of thiazole rings is 1. The maximum absolute atomic E-state index is 5.49. The number of nitrogens with zero attached hydrogens (tertiary/aromatic N) is 4. The molecule has 1 atom stereocenters. The molecule has 156 valence electrons. The topological polar surface area (TPSA) is 75.8 Å². The van der Waals surface area contributed by atoms with Crippen LogP contribution in [-0.2, 0) is 17.8 Å². The van der Waals surface area contributed by atoms with Gasteiger partial charge in [0.05, 0.1) is 17.9 Å². The zero-order valence-electron chi connectivity index (χ0n) is 17.9. The molecule has 0 bridgehead atoms. The smallest absolute Gasteiger partial charge is 0.194 e. The van der Waals surface area contributed by atoms with Gasteiger partial charge in [-0.3, -0.25) is 0 Å². The monoisotopic (exact) mass is 407 g/mol. The van der Waals surface area contributed by atoms with Gasteiger partial charge in [-0.1, -0.05) is 19.0 Å². The summed E-state index contributed by atoms with van der Waals surface area (Å²) in [7, 11) is 3.71. The van der Waals surface area contributed by atoms with Crippen LogP contribution in [0.1, 0.15) is 74.7 Å². The van der Waals surface area contributed by atoms with E-state index in [9.17, 15) is 0 Å². The molecule has 28 heavy (non-hydrogen) atoms. The summed E-state index contributed by atoms with van der Waals surface area (Å²) >= 11 is 1.62. The second-order valence-electron chi connectivity index (χ2n) is 6.81. The van der Waals surface area contributed by atoms with Crippen LogP contribution in [0.4, 0.5) is 0 Å². The van der Waals surface area contributed by atoms with E-state index in [1.54, 1.807) is 18.4 Å². The van der Waals surface area contributed by atoms with Gasteiger partial charge in [-0.2, -0.15) is 0 Å². The Kier molecular flexibility index (Phi) is 8.92. The lowest BCUT2D eigenvalue weighted by Gasteiger charge is -2.21. The van der Waals surface area contributed by atoms with Gasteiger partial charge in [-0.15, -0.1) is 11.3 Å². The number of ether oxygens (including phenoxy) is 1. The van der Waals surface area contributed by atoms with Crippen LogP contribution >= 0.6 is 11.3 Å². The third-order valence-electron chi connectivity index (χ3n) is 4.73. The van der Waals surface area contributed by atoms with Crippen molar-refractivity contribution < 1.29 is 9.26 Å². The van der Waals surface area contributed by atoms with Crippen LogP contribution in [0.25, 0.3) is 0 Å². The maximum Gasteiger partial charge on any atom is 0.194 e. The first-order valence-corrected chi connectivity index (χ1v) is 10.8. The lowest BCUT2D eigenvalue weighted by molar-refractivity contribution is 0.119. The predicted molar refractivity (Wildman–Crippen MR) is 114 cm³/mol. The Morgan fingerprint density at radius 2 is 2.11 bits per heavy atom. The lowest BCUT2D eigenvalue weighted by atomic mass is 9.99. The summed E-state index contributed by atoms with van der Waals surface area (Å²) in [4.78, 5) is 11.4. The van der Waals surface area contributed by atoms with Gasteiger partial charge in [0.2, 0.25) is 0 Å². The van der Waals surface area contributed by atoms with Crippen LogP contribution in [-0.4, -0.2) is 41.7 Å². The van der Waals surface area contributed by atoms with Crippen molar-refractivity contribution in [2.24, 2.45) is 4.99 Å². The second-order valence-corrected chi connectivity index (χ2v) is 7.70. The standard InChI is InChI=1S/C20H33N5O2S/c1-7-15(8-2)18-10-17(27-24-18)11-22-20(21-9-3)25(5)12-16-13-28-19(23-16)14(4)26-6/h10,13-15H,7-9,11-12H2,1-6H3,(H,21,22). The fourth-order valence-corrected chi connectivity index (χ4v) is 3.77. The molecule has 0 aliphatic heterocycles. The van der Waals surface area contributed by atoms with Crippen molar-refractivity contribution in [3.8, 4) is 0 Å². The number of hydrogen-bond acceptors (Lipinski definition) is 6. The maximum atomic E-state index is 5.49. The predicted octanol–water partition coefficient (Wildman–Crippen LogP) is 4.34. The number of hydrogen-bond donors (Lipinski definition) is 1. The Balaban J connectivity index is 2.03. The molecule has 0 radical (unpaired) electrons. The van der Waals surface area contributed by atoms with Gasteiger partial charge >= 0.3 is 0 Å². The Bertz CT molecular complexity index is 739. The third kappa shape index (κ3) is 6.04. The van der Waals surface area contributed by atoms with Crippen LogP contribution in [0, 0.1) is 0 Å². The minimum atomic E-state index is 0.0154. The fourth-order valence-electron chi connectivity index (χ4n) is 2.93. The quantitative estimate of drug-likeness (QED) is 0.466. The molecule has 2 aromatic heterocycles. The van der Waals surface area contributed by atoms with Crippen LogP contribution in [0.2, 0.25) is 0 Å². The minimum absolute atomic E-state index is 0.0154. The SMILES string of the molecule is CCNC(=NCc1cc(C(CC)CC)no1)N(C)Cc1csc(C(C)OC)n1. The summed E-state index contributed by atoms with van der Waals surface area (Å²) in [5, 5.41) is 10.6. The van der Waals surface area contributed by atoms with Crippen molar-refractivity contribution >= 4 is 17.3 Å². The van der Waals surface area contributed by atoms with Gasteiger partial charge in [0.1, 0.15) is 17.7 Å². The molecule has 0 fully saturated rings. The largest absolute Gasteiger partial charge is 0.375 e. The molecule has 7 nitrogen and oxygen atoms in total. The number of aliphatic imine (C=N–C) groups is 1. The van der Waals surface area contributed by atoms with Gasteiger partial charge in [0.15, 0.2) is 11.7 Å². The van der Waals surface area contributed by atoms with E-state index in [1.165, 1.54) is 0 Å². The molecule has 0 spiro atoms. The first-order chi connectivity index (χ1) is 13.5. The summed E-state index contributed by atoms with van der Waals surface area (Å²) in [6.07, 6.45) is 2.14. The van der Waals surface area contributed by atoms with E-state index in [0.717, 1.165) is 47.5 Å². The van der Waals surface area contributed by atoms with Gasteiger partial charge < -0.3 is 19.5 Å². The van der Waals surface area contributed by atoms with Gasteiger partial charge in [0.25, 0.3) is 0 Å². The Morgan fingerprint density at radius 1 is 1.36 bits per heavy atom. The molecule has 0 saturated carbocycles. The number of rotatable bonds is 10. The van der Waals surface area contributed by atoms with E-state index < -0.39 is 0 Å².